The van der Waals surface area contributed by atoms with Gasteiger partial charge in [-0.15, -0.1) is 0 Å². The van der Waals surface area contributed by atoms with Crippen molar-refractivity contribution in [2.75, 3.05) is 0 Å². The molecular weight excluding hydrogens is 588 g/mol. The van der Waals surface area contributed by atoms with Gasteiger partial charge in [0.15, 0.2) is 0 Å². The minimum Gasteiger partial charge on any atom is -0.487 e. The number of hydrazone groups is 1. The maximum Gasteiger partial charge on any atom is 0.332 e. The van der Waals surface area contributed by atoms with E-state index in [0.717, 1.165) is 28.5 Å². The number of rotatable bonds is 5. The van der Waals surface area contributed by atoms with E-state index in [0.29, 0.717) is 6.61 Å². The van der Waals surface area contributed by atoms with Crippen LogP contribution in [0.1, 0.15) is 11.1 Å². The molecule has 2 rings (SSSR count). The van der Waals surface area contributed by atoms with Crippen molar-refractivity contribution < 1.29 is 9.53 Å². The summed E-state index contributed by atoms with van der Waals surface area (Å²) in [5.41, 5.74) is 9.07. The molecule has 8 heteroatoms. The zero-order valence-electron chi connectivity index (χ0n) is 11.7. The molecule has 0 radical (unpaired) electrons. The fraction of sp³-hybridized carbons (Fsp3) is 0.0667. The lowest BCUT2D eigenvalue weighted by Crippen LogP contribution is -2.24. The predicted octanol–water partition coefficient (Wildman–Crippen LogP) is 4.24. The van der Waals surface area contributed by atoms with Gasteiger partial charge in [-0.3, -0.25) is 0 Å². The first-order chi connectivity index (χ1) is 11.0. The Morgan fingerprint density at radius 3 is 2.43 bits per heavy atom. The lowest BCUT2D eigenvalue weighted by atomic mass is 10.2. The zero-order valence-corrected chi connectivity index (χ0v) is 17.6. The normalized spacial score (nSPS) is 10.7. The molecule has 0 bridgehead atoms. The number of hydrogen-bond acceptors (Lipinski definition) is 3. The van der Waals surface area contributed by atoms with Gasteiger partial charge in [0.1, 0.15) is 12.4 Å². The maximum absolute atomic E-state index is 10.6. The Balaban J connectivity index is 2.09. The number of amides is 2. The molecule has 2 aromatic rings. The Morgan fingerprint density at radius 2 is 1.87 bits per heavy atom. The van der Waals surface area contributed by atoms with Crippen molar-refractivity contribution in [1.29, 1.82) is 0 Å². The quantitative estimate of drug-likeness (QED) is 0.307. The number of carbonyl (C=O) groups is 1. The number of halogens is 3. The van der Waals surface area contributed by atoms with Crippen LogP contribution in [0.15, 0.2) is 46.0 Å². The minimum atomic E-state index is -0.694. The molecule has 0 aromatic heterocycles. The molecule has 0 saturated carbocycles. The highest BCUT2D eigenvalue weighted by Crippen LogP contribution is 2.29. The molecule has 2 aromatic carbocycles. The van der Waals surface area contributed by atoms with Gasteiger partial charge < -0.3 is 10.5 Å². The molecular formula is C15H12BrI2N3O2. The van der Waals surface area contributed by atoms with Crippen molar-refractivity contribution in [3.05, 3.63) is 59.1 Å². The van der Waals surface area contributed by atoms with Crippen LogP contribution in [0, 0.1) is 7.14 Å². The summed E-state index contributed by atoms with van der Waals surface area (Å²) in [6.45, 7) is 0.496. The minimum absolute atomic E-state index is 0.496. The Bertz CT molecular complexity index is 713. The second-order valence-electron chi connectivity index (χ2n) is 4.46. The monoisotopic (exact) mass is 599 g/mol. The summed E-state index contributed by atoms with van der Waals surface area (Å²) in [5, 5.41) is 3.75. The molecule has 0 atom stereocenters. The Labute approximate surface area is 169 Å². The molecule has 0 heterocycles. The third kappa shape index (κ3) is 5.92. The smallest absolute Gasteiger partial charge is 0.332 e. The Morgan fingerprint density at radius 1 is 1.26 bits per heavy atom. The topological polar surface area (TPSA) is 76.7 Å². The van der Waals surface area contributed by atoms with E-state index in [1.54, 1.807) is 0 Å². The summed E-state index contributed by atoms with van der Waals surface area (Å²) < 4.78 is 8.90. The first-order valence-electron chi connectivity index (χ1n) is 6.40. The predicted molar refractivity (Wildman–Crippen MR) is 111 cm³/mol. The first kappa shape index (κ1) is 18.5. The number of nitrogens with one attached hydrogen (secondary N) is 1. The molecule has 23 heavy (non-hydrogen) atoms. The molecule has 3 N–H and O–H groups in total. The van der Waals surface area contributed by atoms with Gasteiger partial charge >= 0.3 is 6.03 Å². The van der Waals surface area contributed by atoms with E-state index in [1.807, 2.05) is 36.4 Å². The number of urea groups is 1. The first-order valence-corrected chi connectivity index (χ1v) is 9.35. The zero-order chi connectivity index (χ0) is 16.8. The van der Waals surface area contributed by atoms with Gasteiger partial charge in [0, 0.05) is 4.47 Å². The summed E-state index contributed by atoms with van der Waals surface area (Å²) in [6.07, 6.45) is 1.54. The van der Waals surface area contributed by atoms with Crippen LogP contribution in [0.3, 0.4) is 0 Å². The number of benzene rings is 2. The fourth-order valence-electron chi connectivity index (χ4n) is 1.70. The summed E-state index contributed by atoms with van der Waals surface area (Å²) in [7, 11) is 0. The second-order valence-corrected chi connectivity index (χ2v) is 7.70. The molecule has 0 spiro atoms. The SMILES string of the molecule is NC(=O)N/N=C\c1cc(I)c(OCc2ccc(Br)cc2)c(I)c1. The maximum atomic E-state index is 10.6. The lowest BCUT2D eigenvalue weighted by Gasteiger charge is -2.11. The van der Waals surface area contributed by atoms with Crippen molar-refractivity contribution >= 4 is 73.4 Å². The van der Waals surface area contributed by atoms with E-state index >= 15 is 0 Å². The van der Waals surface area contributed by atoms with Gasteiger partial charge in [0.25, 0.3) is 0 Å². The van der Waals surface area contributed by atoms with Gasteiger partial charge in [-0.2, -0.15) is 5.10 Å². The van der Waals surface area contributed by atoms with Crippen LogP contribution in [-0.4, -0.2) is 12.2 Å². The highest BCUT2D eigenvalue weighted by molar-refractivity contribution is 14.1. The van der Waals surface area contributed by atoms with Crippen molar-refractivity contribution in [3.8, 4) is 5.75 Å². The van der Waals surface area contributed by atoms with Crippen LogP contribution in [0.25, 0.3) is 0 Å². The average Bonchev–Trinajstić information content (AvgIpc) is 2.48. The number of nitrogens with zero attached hydrogens (tertiary/aromatic N) is 1. The van der Waals surface area contributed by atoms with Crippen molar-refractivity contribution in [2.45, 2.75) is 6.61 Å². The molecule has 5 nitrogen and oxygen atoms in total. The number of primary amides is 1. The van der Waals surface area contributed by atoms with Crippen LogP contribution in [-0.2, 0) is 6.61 Å². The fourth-order valence-corrected chi connectivity index (χ4v) is 4.09. The van der Waals surface area contributed by atoms with Crippen LogP contribution in [0.2, 0.25) is 0 Å². The number of nitrogens with two attached hydrogens (primary N) is 1. The van der Waals surface area contributed by atoms with Gasteiger partial charge in [-0.1, -0.05) is 28.1 Å². The van der Waals surface area contributed by atoms with Gasteiger partial charge in [0.2, 0.25) is 0 Å². The third-order valence-corrected chi connectivity index (χ3v) is 4.84. The molecule has 0 fully saturated rings. The van der Waals surface area contributed by atoms with Gasteiger partial charge in [0.05, 0.1) is 13.4 Å². The lowest BCUT2D eigenvalue weighted by molar-refractivity contribution is 0.249. The van der Waals surface area contributed by atoms with Gasteiger partial charge in [-0.25, -0.2) is 10.2 Å². The van der Waals surface area contributed by atoms with E-state index in [2.05, 4.69) is 71.6 Å². The summed E-state index contributed by atoms with van der Waals surface area (Å²) >= 11 is 7.84. The summed E-state index contributed by atoms with van der Waals surface area (Å²) in [4.78, 5) is 10.6. The van der Waals surface area contributed by atoms with E-state index in [1.165, 1.54) is 6.21 Å². The summed E-state index contributed by atoms with van der Waals surface area (Å²) in [6, 6.07) is 11.2. The average molecular weight is 600 g/mol. The largest absolute Gasteiger partial charge is 0.487 e. The van der Waals surface area contributed by atoms with E-state index < -0.39 is 6.03 Å². The molecule has 0 saturated heterocycles. The third-order valence-electron chi connectivity index (χ3n) is 2.71. The van der Waals surface area contributed by atoms with Crippen LogP contribution in [0.5, 0.6) is 5.75 Å². The Kier molecular flexibility index (Phi) is 7.09. The highest BCUT2D eigenvalue weighted by Gasteiger charge is 2.09. The Hall–Kier alpha value is -0.880. The number of carbonyl (C=O) groups excluding carboxylic acids is 1. The van der Waals surface area contributed by atoms with E-state index in [9.17, 15) is 4.79 Å². The molecule has 0 unspecified atom stereocenters. The van der Waals surface area contributed by atoms with Crippen LogP contribution < -0.4 is 15.9 Å². The molecule has 2 amide bonds. The van der Waals surface area contributed by atoms with E-state index in [-0.39, 0.29) is 0 Å². The number of ether oxygens (including phenoxy) is 1. The van der Waals surface area contributed by atoms with Crippen LogP contribution >= 0.6 is 61.1 Å². The van der Waals surface area contributed by atoms with Crippen LogP contribution in [0.4, 0.5) is 4.79 Å². The second kappa shape index (κ2) is 8.83. The van der Waals surface area contributed by atoms with Crippen molar-refractivity contribution in [3.63, 3.8) is 0 Å². The molecule has 0 aliphatic heterocycles. The van der Waals surface area contributed by atoms with Crippen molar-refractivity contribution in [2.24, 2.45) is 10.8 Å². The summed E-state index contributed by atoms with van der Waals surface area (Å²) in [5.74, 6) is 0.828. The highest BCUT2D eigenvalue weighted by atomic mass is 127. The van der Waals surface area contributed by atoms with E-state index in [4.69, 9.17) is 10.5 Å². The van der Waals surface area contributed by atoms with Gasteiger partial charge in [-0.05, 0) is 80.6 Å². The van der Waals surface area contributed by atoms with Crippen molar-refractivity contribution in [1.82, 2.24) is 5.43 Å². The molecule has 0 aliphatic carbocycles. The molecule has 120 valence electrons. The molecule has 0 aliphatic rings. The standard InChI is InChI=1S/C15H12BrI2N3O2/c16-11-3-1-9(2-4-11)8-23-14-12(17)5-10(6-13(14)18)7-20-21-15(19)22/h1-7H,8H2,(H3,19,21,22)/b20-7-. The number of hydrogen-bond donors (Lipinski definition) is 2.